The molecule has 3 atom stereocenters. The summed E-state index contributed by atoms with van der Waals surface area (Å²) in [6.07, 6.45) is 23.8. The minimum atomic E-state index is 0.363. The van der Waals surface area contributed by atoms with E-state index >= 15 is 0 Å². The van der Waals surface area contributed by atoms with E-state index in [2.05, 4.69) is 98.9 Å². The number of hydrogen-bond donors (Lipinski definition) is 0. The zero-order chi connectivity index (χ0) is 34.4. The van der Waals surface area contributed by atoms with Gasteiger partial charge in [-0.15, -0.1) is 0 Å². The molecule has 0 radical (unpaired) electrons. The van der Waals surface area contributed by atoms with Crippen LogP contribution in [0.4, 0.5) is 0 Å². The van der Waals surface area contributed by atoms with E-state index in [1.165, 1.54) is 93.0 Å². The topological polar surface area (TPSA) is 20.6 Å². The predicted molar refractivity (Wildman–Crippen MR) is 210 cm³/mol. The third kappa shape index (κ3) is 13.3. The fraction of sp³-hybridized carbons (Fsp3) is 0.674. The number of allylic oxidation sites excluding steroid dienone is 2. The summed E-state index contributed by atoms with van der Waals surface area (Å²) >= 11 is 0. The molecule has 1 fully saturated rings. The Morgan fingerprint density at radius 3 is 2.49 bits per heavy atom. The van der Waals surface area contributed by atoms with E-state index in [-0.39, 0.29) is 0 Å². The number of aromatic nitrogens is 1. The molecule has 1 aliphatic rings. The Labute approximate surface area is 291 Å². The van der Waals surface area contributed by atoms with Gasteiger partial charge >= 0.3 is 0 Å². The van der Waals surface area contributed by atoms with E-state index in [4.69, 9.17) is 4.74 Å². The number of rotatable bonds is 22. The molecule has 1 aromatic carbocycles. The van der Waals surface area contributed by atoms with E-state index < -0.39 is 0 Å². The van der Waals surface area contributed by atoms with Crippen molar-refractivity contribution >= 4 is 17.0 Å². The van der Waals surface area contributed by atoms with Gasteiger partial charge in [-0.1, -0.05) is 124 Å². The summed E-state index contributed by atoms with van der Waals surface area (Å²) < 4.78 is 8.40. The van der Waals surface area contributed by atoms with Gasteiger partial charge in [0.1, 0.15) is 0 Å². The molecular formula is C43H73N3O. The molecule has 1 aliphatic heterocycles. The van der Waals surface area contributed by atoms with Crippen molar-refractivity contribution in [1.29, 1.82) is 0 Å². The Balaban J connectivity index is 0.00000376. The van der Waals surface area contributed by atoms with Gasteiger partial charge in [-0.3, -0.25) is 4.90 Å². The van der Waals surface area contributed by atoms with Crippen LogP contribution in [0, 0.1) is 5.92 Å². The van der Waals surface area contributed by atoms with Crippen LogP contribution in [0.1, 0.15) is 148 Å². The van der Waals surface area contributed by atoms with E-state index in [1.807, 2.05) is 26.2 Å². The molecule has 4 nitrogen and oxygen atoms in total. The molecule has 2 heterocycles. The molecule has 3 unspecified atom stereocenters. The van der Waals surface area contributed by atoms with Crippen LogP contribution in [0.5, 0.6) is 0 Å². The normalized spacial score (nSPS) is 17.0. The van der Waals surface area contributed by atoms with Gasteiger partial charge in [-0.25, -0.2) is 0 Å². The van der Waals surface area contributed by atoms with Crippen molar-refractivity contribution in [2.75, 3.05) is 45.9 Å². The number of benzene rings is 1. The molecule has 0 bridgehead atoms. The van der Waals surface area contributed by atoms with Crippen molar-refractivity contribution < 1.29 is 4.74 Å². The third-order valence-corrected chi connectivity index (χ3v) is 9.98. The minimum Gasteiger partial charge on any atom is -0.501 e. The van der Waals surface area contributed by atoms with Crippen molar-refractivity contribution in [2.24, 2.45) is 5.92 Å². The summed E-state index contributed by atoms with van der Waals surface area (Å²) in [5.41, 5.74) is 5.65. The van der Waals surface area contributed by atoms with Crippen molar-refractivity contribution in [2.45, 2.75) is 138 Å². The second-order valence-corrected chi connectivity index (χ2v) is 13.6. The van der Waals surface area contributed by atoms with E-state index in [0.29, 0.717) is 11.8 Å². The average Bonchev–Trinajstić information content (AvgIpc) is 3.43. The first-order valence-corrected chi connectivity index (χ1v) is 19.6. The number of fused-ring (bicyclic) bond motifs is 1. The average molecular weight is 648 g/mol. The van der Waals surface area contributed by atoms with E-state index in [9.17, 15) is 0 Å². The van der Waals surface area contributed by atoms with Crippen molar-refractivity contribution in [1.82, 2.24) is 14.4 Å². The van der Waals surface area contributed by atoms with Crippen molar-refractivity contribution in [3.05, 3.63) is 66.1 Å². The maximum atomic E-state index is 5.72. The highest BCUT2D eigenvalue weighted by atomic mass is 16.5. The first-order valence-electron chi connectivity index (χ1n) is 19.6. The standard InChI is InChI=1S/C41H67N3O.C2H6/c1-8-13-14-15-16-20-34(6)40-38-23-22-36(11-4)32-39(38)44(41(40)35(7)19-9-2)29-28-42(25-18-31-45-30-10-3)26-27-43-24-17-21-37(12-5)33-43;1-2/h9,11,18-19,22-23,31-32,34-35,37H,4,8,10,12-17,20-21,24-30,33H2,1-3,5-7H3;1-2H3/b19-9-,31-18+;. The predicted octanol–water partition coefficient (Wildman–Crippen LogP) is 11.8. The summed E-state index contributed by atoms with van der Waals surface area (Å²) in [4.78, 5) is 5.36. The summed E-state index contributed by atoms with van der Waals surface area (Å²) in [7, 11) is 0. The van der Waals surface area contributed by atoms with Gasteiger partial charge in [-0.05, 0) is 74.3 Å². The van der Waals surface area contributed by atoms with Gasteiger partial charge < -0.3 is 14.2 Å². The molecule has 3 rings (SSSR count). The van der Waals surface area contributed by atoms with Gasteiger partial charge in [0.15, 0.2) is 0 Å². The van der Waals surface area contributed by atoms with Crippen LogP contribution >= 0.6 is 0 Å². The molecule has 0 N–H and O–H groups in total. The second kappa shape index (κ2) is 23.9. The highest BCUT2D eigenvalue weighted by Crippen LogP contribution is 2.39. The summed E-state index contributed by atoms with van der Waals surface area (Å²) in [5.74, 6) is 1.76. The third-order valence-electron chi connectivity index (χ3n) is 9.98. The number of unbranched alkanes of at least 4 members (excludes halogenated alkanes) is 4. The minimum absolute atomic E-state index is 0.363. The number of hydrogen-bond acceptors (Lipinski definition) is 3. The molecule has 0 amide bonds. The largest absolute Gasteiger partial charge is 0.501 e. The van der Waals surface area contributed by atoms with Crippen LogP contribution in [-0.4, -0.2) is 60.2 Å². The van der Waals surface area contributed by atoms with Crippen LogP contribution in [0.25, 0.3) is 17.0 Å². The SMILES string of the molecule is C=Cc1ccc2c(C(C)CCCCCCC)c(C(C)/C=C\C)n(CCN(C/C=C/OCCC)CCN3CCCC(CC)C3)c2c1.CC. The highest BCUT2D eigenvalue weighted by Gasteiger charge is 2.25. The molecule has 266 valence electrons. The maximum absolute atomic E-state index is 5.72. The maximum Gasteiger partial charge on any atom is 0.0870 e. The number of nitrogens with zero attached hydrogens (tertiary/aromatic N) is 3. The second-order valence-electron chi connectivity index (χ2n) is 13.6. The lowest BCUT2D eigenvalue weighted by Crippen LogP contribution is -2.41. The Morgan fingerprint density at radius 2 is 1.79 bits per heavy atom. The van der Waals surface area contributed by atoms with Gasteiger partial charge in [0.05, 0.1) is 12.9 Å². The Kier molecular flexibility index (Phi) is 20.8. The summed E-state index contributed by atoms with van der Waals surface area (Å²) in [6, 6.07) is 7.02. The molecule has 4 heteroatoms. The zero-order valence-electron chi connectivity index (χ0n) is 32.0. The molecule has 47 heavy (non-hydrogen) atoms. The molecule has 1 saturated heterocycles. The lowest BCUT2D eigenvalue weighted by Gasteiger charge is -2.34. The Hall–Kier alpha value is -2.30. The summed E-state index contributed by atoms with van der Waals surface area (Å²) in [6.45, 7) is 30.4. The number of piperidine rings is 1. The fourth-order valence-corrected chi connectivity index (χ4v) is 7.32. The van der Waals surface area contributed by atoms with Crippen LogP contribution in [0.15, 0.2) is 49.3 Å². The lowest BCUT2D eigenvalue weighted by molar-refractivity contribution is 0.148. The monoisotopic (exact) mass is 648 g/mol. The van der Waals surface area contributed by atoms with Crippen LogP contribution in [-0.2, 0) is 11.3 Å². The number of ether oxygens (including phenoxy) is 1. The van der Waals surface area contributed by atoms with E-state index in [1.54, 1.807) is 5.56 Å². The first-order chi connectivity index (χ1) is 23.0. The van der Waals surface area contributed by atoms with Crippen molar-refractivity contribution in [3.63, 3.8) is 0 Å². The molecule has 0 aliphatic carbocycles. The Morgan fingerprint density at radius 1 is 1.02 bits per heavy atom. The zero-order valence-corrected chi connectivity index (χ0v) is 32.0. The van der Waals surface area contributed by atoms with Crippen molar-refractivity contribution in [3.8, 4) is 0 Å². The molecule has 1 aromatic heterocycles. The fourth-order valence-electron chi connectivity index (χ4n) is 7.32. The van der Waals surface area contributed by atoms with Gasteiger partial charge in [0, 0.05) is 61.8 Å². The Bertz CT molecular complexity index is 1180. The molecular weight excluding hydrogens is 574 g/mol. The van der Waals surface area contributed by atoms with Crippen LogP contribution < -0.4 is 0 Å². The van der Waals surface area contributed by atoms with E-state index in [0.717, 1.165) is 51.7 Å². The molecule has 0 spiro atoms. The lowest BCUT2D eigenvalue weighted by atomic mass is 9.88. The first kappa shape index (κ1) is 40.9. The summed E-state index contributed by atoms with van der Waals surface area (Å²) in [5, 5.41) is 1.44. The smallest absolute Gasteiger partial charge is 0.0870 e. The van der Waals surface area contributed by atoms with Gasteiger partial charge in [0.2, 0.25) is 0 Å². The quantitative estimate of drug-likeness (QED) is 0.0720. The molecule has 0 saturated carbocycles. The van der Waals surface area contributed by atoms with Crippen LogP contribution in [0.2, 0.25) is 0 Å². The molecule has 2 aromatic rings. The highest BCUT2D eigenvalue weighted by molar-refractivity contribution is 5.88. The van der Waals surface area contributed by atoms with Gasteiger partial charge in [0.25, 0.3) is 0 Å². The number of likely N-dealkylation sites (tertiary alicyclic amines) is 1. The van der Waals surface area contributed by atoms with Crippen LogP contribution in [0.3, 0.4) is 0 Å². The van der Waals surface area contributed by atoms with Gasteiger partial charge in [-0.2, -0.15) is 0 Å².